The van der Waals surface area contributed by atoms with Crippen LogP contribution in [0.4, 0.5) is 0 Å². The van der Waals surface area contributed by atoms with E-state index in [1.165, 1.54) is 12.8 Å². The first-order valence-corrected chi connectivity index (χ1v) is 8.12. The normalized spacial score (nSPS) is 19.5. The van der Waals surface area contributed by atoms with Gasteiger partial charge in [-0.05, 0) is 37.2 Å². The number of hydrogen-bond donors (Lipinski definition) is 1. The highest BCUT2D eigenvalue weighted by Crippen LogP contribution is 2.23. The summed E-state index contributed by atoms with van der Waals surface area (Å²) in [7, 11) is 1.88. The van der Waals surface area contributed by atoms with Crippen LogP contribution in [0.5, 0.6) is 0 Å². The van der Waals surface area contributed by atoms with E-state index in [-0.39, 0.29) is 0 Å². The molecule has 1 aromatic heterocycles. The highest BCUT2D eigenvalue weighted by Gasteiger charge is 2.25. The second-order valence-corrected chi connectivity index (χ2v) is 6.33. The molecular weight excluding hydrogens is 262 g/mol. The molecule has 0 aromatic carbocycles. The van der Waals surface area contributed by atoms with Gasteiger partial charge in [-0.3, -0.25) is 9.67 Å². The summed E-state index contributed by atoms with van der Waals surface area (Å²) in [6.07, 6.45) is 7.51. The largest absolute Gasteiger partial charge is 0.356 e. The van der Waals surface area contributed by atoms with Gasteiger partial charge in [-0.1, -0.05) is 13.8 Å². The molecule has 5 heteroatoms. The number of rotatable bonds is 6. The molecule has 0 aliphatic carbocycles. The quantitative estimate of drug-likeness (QED) is 0.496. The average molecular weight is 291 g/mol. The standard InChI is InChI=1S/C16H29N5/c1-14(2)12-15-6-11-20(13-15)16(17-3)18-7-4-9-21-10-5-8-19-21/h5,8,10,14-15H,4,6-7,9,11-13H2,1-3H3,(H,17,18). The zero-order valence-electron chi connectivity index (χ0n) is 13.6. The summed E-state index contributed by atoms with van der Waals surface area (Å²) in [6, 6.07) is 1.96. The van der Waals surface area contributed by atoms with Crippen LogP contribution in [0.3, 0.4) is 0 Å². The van der Waals surface area contributed by atoms with Crippen molar-refractivity contribution >= 4 is 5.96 Å². The molecule has 1 aromatic rings. The number of nitrogens with one attached hydrogen (secondary N) is 1. The number of nitrogens with zero attached hydrogens (tertiary/aromatic N) is 4. The van der Waals surface area contributed by atoms with Crippen molar-refractivity contribution in [1.29, 1.82) is 0 Å². The fraction of sp³-hybridized carbons (Fsp3) is 0.750. The molecule has 5 nitrogen and oxygen atoms in total. The van der Waals surface area contributed by atoms with Crippen molar-refractivity contribution in [2.75, 3.05) is 26.7 Å². The maximum atomic E-state index is 4.43. The van der Waals surface area contributed by atoms with Crippen molar-refractivity contribution in [3.8, 4) is 0 Å². The van der Waals surface area contributed by atoms with E-state index in [9.17, 15) is 0 Å². The Morgan fingerprint density at radius 2 is 2.33 bits per heavy atom. The molecule has 1 unspecified atom stereocenters. The van der Waals surface area contributed by atoms with Gasteiger partial charge in [-0.15, -0.1) is 0 Å². The number of likely N-dealkylation sites (tertiary alicyclic amines) is 1. The highest BCUT2D eigenvalue weighted by molar-refractivity contribution is 5.80. The Hall–Kier alpha value is -1.52. The van der Waals surface area contributed by atoms with Gasteiger partial charge < -0.3 is 10.2 Å². The first kappa shape index (κ1) is 15.9. The maximum absolute atomic E-state index is 4.43. The smallest absolute Gasteiger partial charge is 0.193 e. The molecular formula is C16H29N5. The molecule has 0 saturated carbocycles. The molecule has 0 radical (unpaired) electrons. The molecule has 1 fully saturated rings. The van der Waals surface area contributed by atoms with Crippen LogP contribution in [0, 0.1) is 11.8 Å². The fourth-order valence-corrected chi connectivity index (χ4v) is 3.09. The first-order valence-electron chi connectivity index (χ1n) is 8.12. The summed E-state index contributed by atoms with van der Waals surface area (Å²) >= 11 is 0. The Morgan fingerprint density at radius 1 is 1.48 bits per heavy atom. The zero-order valence-corrected chi connectivity index (χ0v) is 13.6. The van der Waals surface area contributed by atoms with Crippen LogP contribution in [0.1, 0.15) is 33.1 Å². The van der Waals surface area contributed by atoms with Gasteiger partial charge in [0.2, 0.25) is 0 Å². The number of aliphatic imine (C=N–C) groups is 1. The molecule has 1 aliphatic rings. The highest BCUT2D eigenvalue weighted by atomic mass is 15.3. The lowest BCUT2D eigenvalue weighted by Crippen LogP contribution is -2.40. The average Bonchev–Trinajstić information content (AvgIpc) is 3.10. The van der Waals surface area contributed by atoms with E-state index < -0.39 is 0 Å². The van der Waals surface area contributed by atoms with E-state index >= 15 is 0 Å². The molecule has 2 heterocycles. The molecule has 1 atom stereocenters. The summed E-state index contributed by atoms with van der Waals surface area (Å²) in [5.74, 6) is 2.67. The van der Waals surface area contributed by atoms with Gasteiger partial charge in [-0.2, -0.15) is 5.10 Å². The number of hydrogen-bond acceptors (Lipinski definition) is 2. The summed E-state index contributed by atoms with van der Waals surface area (Å²) in [4.78, 5) is 6.83. The summed E-state index contributed by atoms with van der Waals surface area (Å²) in [5.41, 5.74) is 0. The van der Waals surface area contributed by atoms with Crippen LogP contribution >= 0.6 is 0 Å². The zero-order chi connectivity index (χ0) is 15.1. The van der Waals surface area contributed by atoms with Gasteiger partial charge in [0.05, 0.1) is 0 Å². The molecule has 0 bridgehead atoms. The summed E-state index contributed by atoms with van der Waals surface area (Å²) < 4.78 is 1.97. The molecule has 0 amide bonds. The molecule has 1 aliphatic heterocycles. The lowest BCUT2D eigenvalue weighted by atomic mass is 9.97. The Labute approximate surface area is 128 Å². The number of aromatic nitrogens is 2. The predicted molar refractivity (Wildman–Crippen MR) is 87.3 cm³/mol. The second kappa shape index (κ2) is 8.05. The maximum Gasteiger partial charge on any atom is 0.193 e. The van der Waals surface area contributed by atoms with E-state index in [0.717, 1.165) is 50.4 Å². The van der Waals surface area contributed by atoms with E-state index in [2.05, 4.69) is 34.2 Å². The fourth-order valence-electron chi connectivity index (χ4n) is 3.09. The SMILES string of the molecule is CN=C(NCCCn1cccn1)N1CCC(CC(C)C)C1. The number of guanidine groups is 1. The third kappa shape index (κ3) is 5.06. The van der Waals surface area contributed by atoms with Crippen molar-refractivity contribution in [3.63, 3.8) is 0 Å². The van der Waals surface area contributed by atoms with Crippen LogP contribution in [0.15, 0.2) is 23.5 Å². The van der Waals surface area contributed by atoms with Crippen molar-refractivity contribution in [1.82, 2.24) is 20.0 Å². The minimum Gasteiger partial charge on any atom is -0.356 e. The Kier molecular flexibility index (Phi) is 6.08. The molecule has 2 rings (SSSR count). The van der Waals surface area contributed by atoms with E-state index in [1.807, 2.05) is 30.2 Å². The topological polar surface area (TPSA) is 45.5 Å². The molecule has 21 heavy (non-hydrogen) atoms. The second-order valence-electron chi connectivity index (χ2n) is 6.33. The van der Waals surface area contributed by atoms with Crippen LogP contribution in [-0.2, 0) is 6.54 Å². The minimum absolute atomic E-state index is 0.791. The van der Waals surface area contributed by atoms with E-state index in [1.54, 1.807) is 0 Å². The van der Waals surface area contributed by atoms with Crippen molar-refractivity contribution < 1.29 is 0 Å². The van der Waals surface area contributed by atoms with Gasteiger partial charge >= 0.3 is 0 Å². The van der Waals surface area contributed by atoms with Crippen molar-refractivity contribution in [2.24, 2.45) is 16.8 Å². The third-order valence-corrected chi connectivity index (χ3v) is 4.01. The molecule has 1 saturated heterocycles. The first-order chi connectivity index (χ1) is 10.2. The Balaban J connectivity index is 1.69. The summed E-state index contributed by atoms with van der Waals surface area (Å²) in [5, 5.41) is 7.70. The van der Waals surface area contributed by atoms with E-state index in [4.69, 9.17) is 0 Å². The van der Waals surface area contributed by atoms with Crippen LogP contribution in [0.2, 0.25) is 0 Å². The Morgan fingerprint density at radius 3 is 3.00 bits per heavy atom. The van der Waals surface area contributed by atoms with Gasteiger partial charge in [-0.25, -0.2) is 0 Å². The lowest BCUT2D eigenvalue weighted by Gasteiger charge is -2.22. The minimum atomic E-state index is 0.791. The Bertz CT molecular complexity index is 424. The molecule has 0 spiro atoms. The van der Waals surface area contributed by atoms with Gasteiger partial charge in [0.15, 0.2) is 5.96 Å². The van der Waals surface area contributed by atoms with Crippen LogP contribution in [-0.4, -0.2) is 47.3 Å². The summed E-state index contributed by atoms with van der Waals surface area (Å²) in [6.45, 7) is 8.80. The van der Waals surface area contributed by atoms with Crippen molar-refractivity contribution in [2.45, 2.75) is 39.7 Å². The predicted octanol–water partition coefficient (Wildman–Crippen LogP) is 2.22. The van der Waals surface area contributed by atoms with Gasteiger partial charge in [0.1, 0.15) is 0 Å². The van der Waals surface area contributed by atoms with Crippen LogP contribution in [0.25, 0.3) is 0 Å². The molecule has 1 N–H and O–H groups in total. The number of aryl methyl sites for hydroxylation is 1. The molecule has 118 valence electrons. The monoisotopic (exact) mass is 291 g/mol. The van der Waals surface area contributed by atoms with Crippen LogP contribution < -0.4 is 5.32 Å². The van der Waals surface area contributed by atoms with Gasteiger partial charge in [0, 0.05) is 45.6 Å². The lowest BCUT2D eigenvalue weighted by molar-refractivity contribution is 0.403. The third-order valence-electron chi connectivity index (χ3n) is 4.01. The van der Waals surface area contributed by atoms with Gasteiger partial charge in [0.25, 0.3) is 0 Å². The van der Waals surface area contributed by atoms with E-state index in [0.29, 0.717) is 0 Å². The van der Waals surface area contributed by atoms with Crippen molar-refractivity contribution in [3.05, 3.63) is 18.5 Å².